The first-order chi connectivity index (χ1) is 12.4. The van der Waals surface area contributed by atoms with Crippen LogP contribution in [0.1, 0.15) is 19.4 Å². The number of hydrogen-bond acceptors (Lipinski definition) is 7. The van der Waals surface area contributed by atoms with Gasteiger partial charge in [-0.1, -0.05) is 77.3 Å². The van der Waals surface area contributed by atoms with Gasteiger partial charge < -0.3 is 5.32 Å². The Hall–Kier alpha value is -1.84. The zero-order valence-corrected chi connectivity index (χ0v) is 17.0. The quantitative estimate of drug-likeness (QED) is 0.512. The Morgan fingerprint density at radius 2 is 1.92 bits per heavy atom. The van der Waals surface area contributed by atoms with Crippen LogP contribution in [0, 0.1) is 0 Å². The molecule has 1 aromatic heterocycles. The normalized spacial score (nSPS) is 11.6. The molecule has 0 aliphatic carbocycles. The number of nitrogens with zero attached hydrogens (tertiary/aromatic N) is 2. The van der Waals surface area contributed by atoms with Crippen molar-refractivity contribution < 1.29 is 9.59 Å². The Bertz CT molecular complexity index is 764. The Morgan fingerprint density at radius 3 is 2.62 bits per heavy atom. The maximum Gasteiger partial charge on any atom is 0.321 e. The van der Waals surface area contributed by atoms with E-state index in [2.05, 4.69) is 27.4 Å². The van der Waals surface area contributed by atoms with Gasteiger partial charge in [-0.3, -0.25) is 10.1 Å². The number of imide groups is 1. The molecule has 0 saturated carbocycles. The predicted octanol–water partition coefficient (Wildman–Crippen LogP) is 3.71. The highest BCUT2D eigenvalue weighted by molar-refractivity contribution is 8.04. The zero-order chi connectivity index (χ0) is 18.9. The number of rotatable bonds is 8. The van der Waals surface area contributed by atoms with E-state index in [-0.39, 0.29) is 5.91 Å². The number of carbonyl (C=O) groups excluding carboxylic acids is 2. The van der Waals surface area contributed by atoms with Gasteiger partial charge in [-0.15, -0.1) is 10.2 Å². The Morgan fingerprint density at radius 1 is 1.23 bits per heavy atom. The smallest absolute Gasteiger partial charge is 0.321 e. The van der Waals surface area contributed by atoms with Crippen LogP contribution in [0.5, 0.6) is 0 Å². The van der Waals surface area contributed by atoms with Gasteiger partial charge >= 0.3 is 6.03 Å². The van der Waals surface area contributed by atoms with Crippen LogP contribution in [-0.2, 0) is 11.3 Å². The molecule has 1 aromatic carbocycles. The SMILES string of the molecule is C=C(C)CSc1nnc(S[C@H](C)C(=O)NC(=O)NCc2ccccc2)s1. The molecule has 6 nitrogen and oxygen atoms in total. The molecular formula is C17H20N4O2S3. The Balaban J connectivity index is 1.76. The average molecular weight is 409 g/mol. The summed E-state index contributed by atoms with van der Waals surface area (Å²) >= 11 is 4.28. The van der Waals surface area contributed by atoms with Gasteiger partial charge in [0.1, 0.15) is 0 Å². The molecule has 1 atom stereocenters. The van der Waals surface area contributed by atoms with Gasteiger partial charge in [0.25, 0.3) is 0 Å². The average Bonchev–Trinajstić information content (AvgIpc) is 3.06. The summed E-state index contributed by atoms with van der Waals surface area (Å²) in [5.41, 5.74) is 2.03. The van der Waals surface area contributed by atoms with E-state index in [0.29, 0.717) is 10.9 Å². The molecule has 26 heavy (non-hydrogen) atoms. The molecule has 9 heteroatoms. The van der Waals surface area contributed by atoms with Crippen molar-refractivity contribution in [3.8, 4) is 0 Å². The lowest BCUT2D eigenvalue weighted by molar-refractivity contribution is -0.119. The summed E-state index contributed by atoms with van der Waals surface area (Å²) < 4.78 is 1.53. The third kappa shape index (κ3) is 7.19. The van der Waals surface area contributed by atoms with Gasteiger partial charge in [-0.2, -0.15) is 0 Å². The van der Waals surface area contributed by atoms with Crippen LogP contribution in [0.15, 0.2) is 51.2 Å². The second kappa shape index (κ2) is 10.3. The highest BCUT2D eigenvalue weighted by atomic mass is 32.2. The summed E-state index contributed by atoms with van der Waals surface area (Å²) in [4.78, 5) is 24.0. The summed E-state index contributed by atoms with van der Waals surface area (Å²) in [5.74, 6) is 0.420. The fourth-order valence-electron chi connectivity index (χ4n) is 1.73. The minimum Gasteiger partial charge on any atom is -0.334 e. The minimum absolute atomic E-state index is 0.362. The van der Waals surface area contributed by atoms with E-state index >= 15 is 0 Å². The molecule has 2 aromatic rings. The van der Waals surface area contributed by atoms with Crippen LogP contribution in [0.4, 0.5) is 4.79 Å². The number of hydrogen-bond donors (Lipinski definition) is 2. The van der Waals surface area contributed by atoms with Crippen LogP contribution in [-0.4, -0.2) is 33.1 Å². The maximum atomic E-state index is 12.1. The van der Waals surface area contributed by atoms with Crippen molar-refractivity contribution in [2.75, 3.05) is 5.75 Å². The first-order valence-electron chi connectivity index (χ1n) is 7.84. The van der Waals surface area contributed by atoms with Crippen LogP contribution < -0.4 is 10.6 Å². The van der Waals surface area contributed by atoms with Crippen molar-refractivity contribution in [1.29, 1.82) is 0 Å². The van der Waals surface area contributed by atoms with Crippen molar-refractivity contribution in [3.05, 3.63) is 48.0 Å². The van der Waals surface area contributed by atoms with Gasteiger partial charge in [0.15, 0.2) is 8.68 Å². The molecule has 138 valence electrons. The lowest BCUT2D eigenvalue weighted by atomic mass is 10.2. The standard InChI is InChI=1S/C17H20N4O2S3/c1-11(2)10-24-16-20-21-17(26-16)25-12(3)14(22)19-15(23)18-9-13-7-5-4-6-8-13/h4-8,12H,1,9-10H2,2-3H3,(H2,18,19,22,23)/t12-/m1/s1. The van der Waals surface area contributed by atoms with Gasteiger partial charge in [0.05, 0.1) is 5.25 Å². The van der Waals surface area contributed by atoms with Crippen molar-refractivity contribution in [2.24, 2.45) is 0 Å². The number of nitrogens with one attached hydrogen (secondary N) is 2. The zero-order valence-electron chi connectivity index (χ0n) is 14.5. The van der Waals surface area contributed by atoms with Crippen molar-refractivity contribution >= 4 is 46.8 Å². The highest BCUT2D eigenvalue weighted by Crippen LogP contribution is 2.31. The van der Waals surface area contributed by atoms with E-state index in [9.17, 15) is 9.59 Å². The molecule has 0 radical (unpaired) electrons. The number of aromatic nitrogens is 2. The Kier molecular flexibility index (Phi) is 8.14. The molecule has 3 amide bonds. The summed E-state index contributed by atoms with van der Waals surface area (Å²) in [7, 11) is 0. The number of urea groups is 1. The van der Waals surface area contributed by atoms with E-state index in [4.69, 9.17) is 0 Å². The van der Waals surface area contributed by atoms with E-state index < -0.39 is 11.3 Å². The Labute approximate surface area is 165 Å². The molecular weight excluding hydrogens is 388 g/mol. The number of carbonyl (C=O) groups is 2. The first kappa shape index (κ1) is 20.5. The molecule has 0 aliphatic rings. The van der Waals surface area contributed by atoms with Gasteiger partial charge in [-0.25, -0.2) is 4.79 Å². The van der Waals surface area contributed by atoms with Crippen LogP contribution in [0.25, 0.3) is 0 Å². The molecule has 0 bridgehead atoms. The van der Waals surface area contributed by atoms with Crippen molar-refractivity contribution in [1.82, 2.24) is 20.8 Å². The second-order valence-corrected chi connectivity index (χ2v) is 9.29. The van der Waals surface area contributed by atoms with Crippen LogP contribution in [0.2, 0.25) is 0 Å². The predicted molar refractivity (Wildman–Crippen MR) is 108 cm³/mol. The first-order valence-corrected chi connectivity index (χ1v) is 10.5. The largest absolute Gasteiger partial charge is 0.334 e. The van der Waals surface area contributed by atoms with Crippen LogP contribution >= 0.6 is 34.9 Å². The molecule has 2 N–H and O–H groups in total. The third-order valence-corrected chi connectivity index (χ3v) is 6.48. The molecule has 1 heterocycles. The second-order valence-electron chi connectivity index (χ2n) is 5.50. The molecule has 0 saturated heterocycles. The van der Waals surface area contributed by atoms with E-state index in [1.54, 1.807) is 18.7 Å². The highest BCUT2D eigenvalue weighted by Gasteiger charge is 2.19. The van der Waals surface area contributed by atoms with E-state index in [1.165, 1.54) is 23.1 Å². The number of thioether (sulfide) groups is 2. The van der Waals surface area contributed by atoms with Gasteiger partial charge in [0.2, 0.25) is 5.91 Å². The summed E-state index contributed by atoms with van der Waals surface area (Å²) in [6.45, 7) is 7.90. The molecule has 0 fully saturated rings. The van der Waals surface area contributed by atoms with Gasteiger partial charge in [-0.05, 0) is 19.4 Å². The summed E-state index contributed by atoms with van der Waals surface area (Å²) in [6.07, 6.45) is 0. The molecule has 0 aliphatic heterocycles. The number of benzene rings is 1. The van der Waals surface area contributed by atoms with Crippen molar-refractivity contribution in [3.63, 3.8) is 0 Å². The maximum absolute atomic E-state index is 12.1. The van der Waals surface area contributed by atoms with E-state index in [1.807, 2.05) is 37.3 Å². The topological polar surface area (TPSA) is 84.0 Å². The molecule has 2 rings (SSSR count). The third-order valence-electron chi connectivity index (χ3n) is 3.01. The number of amides is 3. The van der Waals surface area contributed by atoms with Gasteiger partial charge in [0, 0.05) is 12.3 Å². The monoisotopic (exact) mass is 408 g/mol. The lowest BCUT2D eigenvalue weighted by Gasteiger charge is -2.10. The van der Waals surface area contributed by atoms with E-state index in [0.717, 1.165) is 21.2 Å². The van der Waals surface area contributed by atoms with Crippen LogP contribution in [0.3, 0.4) is 0 Å². The molecule has 0 unspecified atom stereocenters. The fourth-order valence-corrected chi connectivity index (χ4v) is 4.74. The summed E-state index contributed by atoms with van der Waals surface area (Å²) in [5, 5.41) is 12.7. The lowest BCUT2D eigenvalue weighted by Crippen LogP contribution is -2.42. The van der Waals surface area contributed by atoms with Crippen molar-refractivity contribution in [2.45, 2.75) is 34.3 Å². The summed E-state index contributed by atoms with van der Waals surface area (Å²) in [6, 6.07) is 8.98. The fraction of sp³-hybridized carbons (Fsp3) is 0.294. The molecule has 0 spiro atoms. The minimum atomic E-state index is -0.513.